The third kappa shape index (κ3) is 3.13. The average molecular weight is 243 g/mol. The molecular formula is C12H15ClOS. The topological polar surface area (TPSA) is 20.2 Å². The van der Waals surface area contributed by atoms with Crippen molar-refractivity contribution in [3.05, 3.63) is 34.9 Å². The average Bonchev–Trinajstić information content (AvgIpc) is 2.70. The van der Waals surface area contributed by atoms with E-state index in [4.69, 9.17) is 11.6 Å². The van der Waals surface area contributed by atoms with Gasteiger partial charge in [-0.3, -0.25) is 0 Å². The maximum atomic E-state index is 10.0. The summed E-state index contributed by atoms with van der Waals surface area (Å²) < 4.78 is 0. The summed E-state index contributed by atoms with van der Waals surface area (Å²) in [7, 11) is 0. The van der Waals surface area contributed by atoms with Crippen LogP contribution in [0.15, 0.2) is 24.3 Å². The highest BCUT2D eigenvalue weighted by molar-refractivity contribution is 7.99. The number of thioether (sulfide) groups is 1. The van der Waals surface area contributed by atoms with Crippen LogP contribution >= 0.6 is 23.4 Å². The smallest absolute Gasteiger partial charge is 0.0616 e. The molecule has 15 heavy (non-hydrogen) atoms. The molecule has 0 bridgehead atoms. The molecule has 1 nitrogen and oxygen atoms in total. The zero-order chi connectivity index (χ0) is 10.7. The van der Waals surface area contributed by atoms with E-state index >= 15 is 0 Å². The SMILES string of the molecule is OC(Cc1cccc(Cl)c1)C1CCSC1. The largest absolute Gasteiger partial charge is 0.392 e. The molecule has 1 aromatic rings. The second kappa shape index (κ2) is 5.24. The molecule has 1 aromatic carbocycles. The van der Waals surface area contributed by atoms with Crippen molar-refractivity contribution in [3.8, 4) is 0 Å². The van der Waals surface area contributed by atoms with Gasteiger partial charge in [-0.15, -0.1) is 0 Å². The van der Waals surface area contributed by atoms with E-state index in [0.29, 0.717) is 5.92 Å². The minimum absolute atomic E-state index is 0.210. The predicted molar refractivity (Wildman–Crippen MR) is 66.6 cm³/mol. The number of aliphatic hydroxyl groups is 1. The maximum Gasteiger partial charge on any atom is 0.0616 e. The Kier molecular flexibility index (Phi) is 3.95. The summed E-state index contributed by atoms with van der Waals surface area (Å²) in [5.41, 5.74) is 1.13. The molecule has 1 aliphatic rings. The van der Waals surface area contributed by atoms with E-state index in [2.05, 4.69) is 0 Å². The van der Waals surface area contributed by atoms with Gasteiger partial charge < -0.3 is 5.11 Å². The molecule has 2 unspecified atom stereocenters. The fourth-order valence-corrected chi connectivity index (χ4v) is 3.47. The van der Waals surface area contributed by atoms with Crippen molar-refractivity contribution in [2.75, 3.05) is 11.5 Å². The van der Waals surface area contributed by atoms with Gasteiger partial charge in [-0.1, -0.05) is 23.7 Å². The Hall–Kier alpha value is -0.180. The molecule has 0 saturated carbocycles. The molecule has 1 fully saturated rings. The van der Waals surface area contributed by atoms with Gasteiger partial charge in [0.25, 0.3) is 0 Å². The molecule has 1 saturated heterocycles. The standard InChI is InChI=1S/C12H15ClOS/c13-11-3-1-2-9(6-11)7-12(14)10-4-5-15-8-10/h1-3,6,10,12,14H,4-5,7-8H2. The molecule has 3 heteroatoms. The summed E-state index contributed by atoms with van der Waals surface area (Å²) in [5, 5.41) is 10.8. The quantitative estimate of drug-likeness (QED) is 0.880. The van der Waals surface area contributed by atoms with Crippen LogP contribution in [0.3, 0.4) is 0 Å². The van der Waals surface area contributed by atoms with Crippen molar-refractivity contribution in [1.82, 2.24) is 0 Å². The summed E-state index contributed by atoms with van der Waals surface area (Å²) in [5.74, 6) is 2.76. The van der Waals surface area contributed by atoms with E-state index in [0.717, 1.165) is 29.2 Å². The predicted octanol–water partition coefficient (Wildman–Crippen LogP) is 3.00. The van der Waals surface area contributed by atoms with E-state index < -0.39 is 0 Å². The van der Waals surface area contributed by atoms with E-state index in [-0.39, 0.29) is 6.10 Å². The van der Waals surface area contributed by atoms with Gasteiger partial charge in [-0.05, 0) is 48.0 Å². The molecule has 1 N–H and O–H groups in total. The molecule has 1 heterocycles. The van der Waals surface area contributed by atoms with Crippen LogP contribution in [-0.4, -0.2) is 22.7 Å². The number of hydrogen-bond donors (Lipinski definition) is 1. The summed E-state index contributed by atoms with van der Waals surface area (Å²) in [6, 6.07) is 7.76. The second-order valence-corrected chi connectivity index (χ2v) is 5.61. The zero-order valence-electron chi connectivity index (χ0n) is 8.53. The summed E-state index contributed by atoms with van der Waals surface area (Å²) >= 11 is 7.84. The molecule has 82 valence electrons. The van der Waals surface area contributed by atoms with Crippen molar-refractivity contribution in [3.63, 3.8) is 0 Å². The lowest BCUT2D eigenvalue weighted by Crippen LogP contribution is -2.22. The minimum Gasteiger partial charge on any atom is -0.392 e. The van der Waals surface area contributed by atoms with E-state index in [9.17, 15) is 5.11 Å². The van der Waals surface area contributed by atoms with Crippen molar-refractivity contribution in [1.29, 1.82) is 0 Å². The number of aliphatic hydroxyl groups excluding tert-OH is 1. The highest BCUT2D eigenvalue weighted by atomic mass is 35.5. The van der Waals surface area contributed by atoms with Gasteiger partial charge in [0.15, 0.2) is 0 Å². The highest BCUT2D eigenvalue weighted by Gasteiger charge is 2.23. The zero-order valence-corrected chi connectivity index (χ0v) is 10.1. The molecule has 1 aliphatic heterocycles. The maximum absolute atomic E-state index is 10.0. The van der Waals surface area contributed by atoms with Gasteiger partial charge in [0.2, 0.25) is 0 Å². The summed E-state index contributed by atoms with van der Waals surface area (Å²) in [6.07, 6.45) is 1.66. The monoisotopic (exact) mass is 242 g/mol. The van der Waals surface area contributed by atoms with Crippen molar-refractivity contribution >= 4 is 23.4 Å². The third-order valence-electron chi connectivity index (χ3n) is 2.84. The third-order valence-corrected chi connectivity index (χ3v) is 4.27. The van der Waals surface area contributed by atoms with Crippen LogP contribution in [0.25, 0.3) is 0 Å². The first kappa shape index (κ1) is 11.3. The minimum atomic E-state index is -0.210. The van der Waals surface area contributed by atoms with E-state index in [1.165, 1.54) is 5.75 Å². The van der Waals surface area contributed by atoms with Crippen molar-refractivity contribution < 1.29 is 5.11 Å². The van der Waals surface area contributed by atoms with Gasteiger partial charge in [0, 0.05) is 5.02 Å². The Labute approximate surface area is 99.8 Å². The molecule has 0 amide bonds. The lowest BCUT2D eigenvalue weighted by Gasteiger charge is -2.16. The van der Waals surface area contributed by atoms with Crippen LogP contribution in [0.4, 0.5) is 0 Å². The summed E-state index contributed by atoms with van der Waals surface area (Å²) in [6.45, 7) is 0. The van der Waals surface area contributed by atoms with Crippen LogP contribution in [0.5, 0.6) is 0 Å². The molecule has 2 atom stereocenters. The molecule has 0 spiro atoms. The first-order valence-electron chi connectivity index (χ1n) is 5.26. The number of halogens is 1. The number of rotatable bonds is 3. The van der Waals surface area contributed by atoms with Crippen LogP contribution in [0, 0.1) is 5.92 Å². The van der Waals surface area contributed by atoms with Gasteiger partial charge in [-0.2, -0.15) is 11.8 Å². The first-order chi connectivity index (χ1) is 7.25. The molecule has 0 radical (unpaired) electrons. The second-order valence-electron chi connectivity index (χ2n) is 4.03. The Morgan fingerprint density at radius 3 is 3.07 bits per heavy atom. The van der Waals surface area contributed by atoms with Gasteiger partial charge in [-0.25, -0.2) is 0 Å². The van der Waals surface area contributed by atoms with Crippen LogP contribution < -0.4 is 0 Å². The molecule has 2 rings (SSSR count). The number of benzene rings is 1. The molecule has 0 aliphatic carbocycles. The van der Waals surface area contributed by atoms with E-state index in [1.54, 1.807) is 0 Å². The Balaban J connectivity index is 1.95. The normalized spacial score (nSPS) is 22.9. The molecule has 0 aromatic heterocycles. The first-order valence-corrected chi connectivity index (χ1v) is 6.79. The summed E-state index contributed by atoms with van der Waals surface area (Å²) in [4.78, 5) is 0. The van der Waals surface area contributed by atoms with Crippen molar-refractivity contribution in [2.24, 2.45) is 5.92 Å². The Morgan fingerprint density at radius 1 is 1.53 bits per heavy atom. The fraction of sp³-hybridized carbons (Fsp3) is 0.500. The fourth-order valence-electron chi connectivity index (χ4n) is 1.93. The van der Waals surface area contributed by atoms with Gasteiger partial charge in [0.1, 0.15) is 0 Å². The Bertz CT molecular complexity index is 323. The molecular weight excluding hydrogens is 228 g/mol. The Morgan fingerprint density at radius 2 is 2.40 bits per heavy atom. The van der Waals surface area contributed by atoms with Gasteiger partial charge in [0.05, 0.1) is 6.10 Å². The lowest BCUT2D eigenvalue weighted by molar-refractivity contribution is 0.120. The van der Waals surface area contributed by atoms with Crippen LogP contribution in [0.1, 0.15) is 12.0 Å². The highest BCUT2D eigenvalue weighted by Crippen LogP contribution is 2.28. The lowest BCUT2D eigenvalue weighted by atomic mass is 9.96. The van der Waals surface area contributed by atoms with Crippen LogP contribution in [-0.2, 0) is 6.42 Å². The van der Waals surface area contributed by atoms with E-state index in [1.807, 2.05) is 36.0 Å². The number of hydrogen-bond acceptors (Lipinski definition) is 2. The van der Waals surface area contributed by atoms with Gasteiger partial charge >= 0.3 is 0 Å². The van der Waals surface area contributed by atoms with Crippen LogP contribution in [0.2, 0.25) is 5.02 Å². The van der Waals surface area contributed by atoms with Crippen molar-refractivity contribution in [2.45, 2.75) is 18.9 Å².